The van der Waals surface area contributed by atoms with Gasteiger partial charge < -0.3 is 5.73 Å². The Bertz CT molecular complexity index is 1210. The van der Waals surface area contributed by atoms with Crippen molar-refractivity contribution in [2.24, 2.45) is 5.73 Å². The zero-order chi connectivity index (χ0) is 23.7. The van der Waals surface area contributed by atoms with Crippen LogP contribution in [-0.2, 0) is 4.79 Å². The van der Waals surface area contributed by atoms with Gasteiger partial charge in [-0.25, -0.2) is 9.69 Å². The number of nitrogens with one attached hydrogen (secondary N) is 1. The number of primary amides is 1. The van der Waals surface area contributed by atoms with E-state index in [0.29, 0.717) is 38.6 Å². The summed E-state index contributed by atoms with van der Waals surface area (Å²) in [7, 11) is 0. The van der Waals surface area contributed by atoms with E-state index in [0.717, 1.165) is 18.4 Å². The third-order valence-electron chi connectivity index (χ3n) is 5.65. The molecule has 3 aromatic rings. The highest BCUT2D eigenvalue weighted by Gasteiger charge is 2.30. The highest BCUT2D eigenvalue weighted by atomic mass is 35.5. The topological polar surface area (TPSA) is 93.2 Å². The number of nitrogens with two attached hydrogens (primary N) is 1. The first-order valence-corrected chi connectivity index (χ1v) is 11.5. The Morgan fingerprint density at radius 3 is 2.48 bits per heavy atom. The molecule has 33 heavy (non-hydrogen) atoms. The van der Waals surface area contributed by atoms with Gasteiger partial charge in [0, 0.05) is 40.2 Å². The predicted molar refractivity (Wildman–Crippen MR) is 130 cm³/mol. The van der Waals surface area contributed by atoms with Crippen LogP contribution in [0.1, 0.15) is 35.3 Å². The molecule has 0 spiro atoms. The van der Waals surface area contributed by atoms with Gasteiger partial charge in [-0.15, -0.1) is 0 Å². The molecule has 0 bridgehead atoms. The number of carbonyl (C=O) groups excluding carboxylic acids is 2. The predicted octanol–water partition coefficient (Wildman–Crippen LogP) is 4.79. The van der Waals surface area contributed by atoms with Crippen molar-refractivity contribution in [2.75, 3.05) is 6.54 Å². The van der Waals surface area contributed by atoms with Crippen molar-refractivity contribution in [2.45, 2.75) is 32.2 Å². The van der Waals surface area contributed by atoms with Gasteiger partial charge in [-0.05, 0) is 50.1 Å². The van der Waals surface area contributed by atoms with Gasteiger partial charge in [0.05, 0.1) is 16.4 Å². The molecule has 0 radical (unpaired) electrons. The summed E-state index contributed by atoms with van der Waals surface area (Å²) in [6, 6.07) is 12.2. The summed E-state index contributed by atoms with van der Waals surface area (Å²) in [5.41, 5.74) is 11.3. The minimum atomic E-state index is -0.399. The molecule has 7 nitrogen and oxygen atoms in total. The number of hydrazine groups is 1. The lowest BCUT2D eigenvalue weighted by Gasteiger charge is -2.23. The molecule has 172 valence electrons. The lowest BCUT2D eigenvalue weighted by atomic mass is 10.1. The number of hydrogen-bond acceptors (Lipinski definition) is 4. The summed E-state index contributed by atoms with van der Waals surface area (Å²) in [5.74, 6) is -0.771. The smallest absolute Gasteiger partial charge is 0.286 e. The summed E-state index contributed by atoms with van der Waals surface area (Å²) in [5, 5.41) is 7.88. The van der Waals surface area contributed by atoms with E-state index in [-0.39, 0.29) is 24.1 Å². The van der Waals surface area contributed by atoms with E-state index in [1.165, 1.54) is 0 Å². The first-order chi connectivity index (χ1) is 15.7. The maximum Gasteiger partial charge on any atom is 0.286 e. The van der Waals surface area contributed by atoms with Crippen molar-refractivity contribution in [3.8, 4) is 16.9 Å². The van der Waals surface area contributed by atoms with Crippen molar-refractivity contribution in [3.05, 3.63) is 68.8 Å². The first kappa shape index (κ1) is 23.6. The number of nitrogens with zero attached hydrogens (tertiary/aromatic N) is 3. The number of benzene rings is 2. The van der Waals surface area contributed by atoms with Gasteiger partial charge in [0.25, 0.3) is 5.91 Å². The third kappa shape index (κ3) is 5.01. The molecular formula is C23H22Cl3N5O2. The number of hydrogen-bond donors (Lipinski definition) is 2. The quantitative estimate of drug-likeness (QED) is 0.502. The number of carbonyl (C=O) groups is 2. The summed E-state index contributed by atoms with van der Waals surface area (Å²) in [4.78, 5) is 24.6. The molecule has 3 N–H and O–H groups in total. The standard InChI is InChI=1S/C23H22Cl3N5O2/c1-13-21(23(33)29-30-10-2-3-17(30)12-20(27)32)28-31(19-9-8-16(25)11-18(19)26)22(13)14-4-6-15(24)7-5-14/h4-9,11,17H,2-3,10,12H2,1H3,(H2,27,32)(H,29,33). The van der Waals surface area contributed by atoms with Crippen LogP contribution in [0, 0.1) is 6.92 Å². The van der Waals surface area contributed by atoms with Gasteiger partial charge in [-0.2, -0.15) is 5.10 Å². The maximum atomic E-state index is 13.3. The first-order valence-electron chi connectivity index (χ1n) is 10.4. The molecule has 1 unspecified atom stereocenters. The Kier molecular flexibility index (Phi) is 6.95. The molecule has 2 heterocycles. The van der Waals surface area contributed by atoms with Crippen LogP contribution in [0.5, 0.6) is 0 Å². The molecule has 2 aromatic carbocycles. The summed E-state index contributed by atoms with van der Waals surface area (Å²) in [6.07, 6.45) is 1.83. The molecule has 0 aliphatic carbocycles. The van der Waals surface area contributed by atoms with Crippen molar-refractivity contribution in [1.82, 2.24) is 20.2 Å². The SMILES string of the molecule is Cc1c(C(=O)NN2CCCC2CC(N)=O)nn(-c2ccc(Cl)cc2Cl)c1-c1ccc(Cl)cc1. The summed E-state index contributed by atoms with van der Waals surface area (Å²) in [6.45, 7) is 2.47. The Morgan fingerprint density at radius 2 is 1.82 bits per heavy atom. The molecular weight excluding hydrogens is 485 g/mol. The van der Waals surface area contributed by atoms with Gasteiger partial charge in [-0.3, -0.25) is 15.0 Å². The van der Waals surface area contributed by atoms with E-state index in [2.05, 4.69) is 10.5 Å². The number of aromatic nitrogens is 2. The summed E-state index contributed by atoms with van der Waals surface area (Å²) >= 11 is 18.6. The second-order valence-corrected chi connectivity index (χ2v) is 9.22. The van der Waals surface area contributed by atoms with Crippen LogP contribution in [0.3, 0.4) is 0 Å². The molecule has 1 saturated heterocycles. The Balaban J connectivity index is 1.75. The van der Waals surface area contributed by atoms with Crippen LogP contribution < -0.4 is 11.2 Å². The molecule has 1 aliphatic rings. The van der Waals surface area contributed by atoms with Gasteiger partial charge in [-0.1, -0.05) is 46.9 Å². The number of amides is 2. The van der Waals surface area contributed by atoms with Crippen molar-refractivity contribution in [3.63, 3.8) is 0 Å². The van der Waals surface area contributed by atoms with Gasteiger partial charge in [0.15, 0.2) is 5.69 Å². The normalized spacial score (nSPS) is 16.2. The maximum absolute atomic E-state index is 13.3. The van der Waals surface area contributed by atoms with Crippen LogP contribution in [-0.4, -0.2) is 39.2 Å². The van der Waals surface area contributed by atoms with E-state index in [4.69, 9.17) is 40.5 Å². The minimum absolute atomic E-state index is 0.129. The largest absolute Gasteiger partial charge is 0.370 e. The van der Waals surface area contributed by atoms with E-state index < -0.39 is 5.91 Å². The van der Waals surface area contributed by atoms with Crippen LogP contribution in [0.15, 0.2) is 42.5 Å². The second-order valence-electron chi connectivity index (χ2n) is 7.94. The van der Waals surface area contributed by atoms with Crippen molar-refractivity contribution in [1.29, 1.82) is 0 Å². The van der Waals surface area contributed by atoms with Crippen molar-refractivity contribution < 1.29 is 9.59 Å². The third-order valence-corrected chi connectivity index (χ3v) is 6.44. The van der Waals surface area contributed by atoms with Crippen LogP contribution >= 0.6 is 34.8 Å². The van der Waals surface area contributed by atoms with Gasteiger partial charge >= 0.3 is 0 Å². The Labute approximate surface area is 206 Å². The van der Waals surface area contributed by atoms with Crippen molar-refractivity contribution >= 4 is 46.6 Å². The summed E-state index contributed by atoms with van der Waals surface area (Å²) < 4.78 is 1.64. The minimum Gasteiger partial charge on any atom is -0.370 e. The Hall–Kier alpha value is -2.58. The zero-order valence-corrected chi connectivity index (χ0v) is 20.1. The zero-order valence-electron chi connectivity index (χ0n) is 17.8. The molecule has 1 fully saturated rings. The van der Waals surface area contributed by atoms with Gasteiger partial charge in [0.1, 0.15) is 0 Å². The highest BCUT2D eigenvalue weighted by Crippen LogP contribution is 2.33. The lowest BCUT2D eigenvalue weighted by molar-refractivity contribution is -0.119. The van der Waals surface area contributed by atoms with E-state index >= 15 is 0 Å². The average Bonchev–Trinajstić information content (AvgIpc) is 3.32. The van der Waals surface area contributed by atoms with E-state index in [1.807, 2.05) is 19.1 Å². The Morgan fingerprint density at radius 1 is 1.12 bits per heavy atom. The second kappa shape index (κ2) is 9.73. The van der Waals surface area contributed by atoms with Crippen LogP contribution in [0.4, 0.5) is 0 Å². The average molecular weight is 507 g/mol. The fourth-order valence-corrected chi connectivity index (χ4v) is 4.71. The monoisotopic (exact) mass is 505 g/mol. The van der Waals surface area contributed by atoms with E-state index in [1.54, 1.807) is 40.0 Å². The molecule has 1 aromatic heterocycles. The van der Waals surface area contributed by atoms with Gasteiger partial charge in [0.2, 0.25) is 5.91 Å². The molecule has 4 rings (SSSR count). The molecule has 10 heteroatoms. The highest BCUT2D eigenvalue weighted by molar-refractivity contribution is 6.35. The fraction of sp³-hybridized carbons (Fsp3) is 0.261. The fourth-order valence-electron chi connectivity index (χ4n) is 4.10. The number of halogens is 3. The molecule has 1 aliphatic heterocycles. The van der Waals surface area contributed by atoms with Crippen LogP contribution in [0.25, 0.3) is 16.9 Å². The molecule has 1 atom stereocenters. The number of rotatable bonds is 6. The van der Waals surface area contributed by atoms with E-state index in [9.17, 15) is 9.59 Å². The lowest BCUT2D eigenvalue weighted by Crippen LogP contribution is -2.46. The molecule has 2 amide bonds. The van der Waals surface area contributed by atoms with Crippen LogP contribution in [0.2, 0.25) is 15.1 Å². The molecule has 0 saturated carbocycles.